The molecule has 0 aliphatic rings. The van der Waals surface area contributed by atoms with E-state index in [1.54, 1.807) is 14.2 Å². The minimum absolute atomic E-state index is 0. The van der Waals surface area contributed by atoms with Gasteiger partial charge in [-0.25, -0.2) is 4.68 Å². The quantitative estimate of drug-likeness (QED) is 0.658. The average molecular weight is 483 g/mol. The normalized spacial score (nSPS) is 10.5. The standard InChI is InChI=1S/C17H24N2O2.Pt/c1-10(2)19-17(21-7)15(16(18-19)20-6)14-12(4)8-11(3)9-13(14)5;/h8-10H,1-7H3;. The van der Waals surface area contributed by atoms with Crippen LogP contribution in [-0.2, 0) is 21.1 Å². The maximum absolute atomic E-state index is 5.64. The molecule has 0 unspecified atom stereocenters. The Morgan fingerprint density at radius 2 is 1.50 bits per heavy atom. The van der Waals surface area contributed by atoms with Gasteiger partial charge in [-0.2, -0.15) is 0 Å². The molecule has 124 valence electrons. The van der Waals surface area contributed by atoms with Crippen molar-refractivity contribution < 1.29 is 30.5 Å². The molecule has 0 atom stereocenters. The van der Waals surface area contributed by atoms with E-state index in [2.05, 4.69) is 51.9 Å². The van der Waals surface area contributed by atoms with Gasteiger partial charge in [0.15, 0.2) is 0 Å². The van der Waals surface area contributed by atoms with Crippen molar-refractivity contribution in [3.8, 4) is 22.9 Å². The van der Waals surface area contributed by atoms with Crippen molar-refractivity contribution in [1.82, 2.24) is 9.78 Å². The molecular weight excluding hydrogens is 459 g/mol. The molecule has 2 aromatic rings. The summed E-state index contributed by atoms with van der Waals surface area (Å²) in [5.74, 6) is 1.35. The maximum Gasteiger partial charge on any atom is 0.244 e. The Kier molecular flexibility index (Phi) is 6.25. The Morgan fingerprint density at radius 1 is 0.955 bits per heavy atom. The minimum Gasteiger partial charge on any atom is -0.481 e. The van der Waals surface area contributed by atoms with Crippen LogP contribution in [0.4, 0.5) is 0 Å². The van der Waals surface area contributed by atoms with Gasteiger partial charge in [0.25, 0.3) is 0 Å². The van der Waals surface area contributed by atoms with Crippen molar-refractivity contribution in [3.05, 3.63) is 28.8 Å². The van der Waals surface area contributed by atoms with Gasteiger partial charge in [0.05, 0.1) is 20.3 Å². The van der Waals surface area contributed by atoms with Gasteiger partial charge in [-0.3, -0.25) is 0 Å². The Balaban J connectivity index is 0.00000242. The molecule has 22 heavy (non-hydrogen) atoms. The van der Waals surface area contributed by atoms with Gasteiger partial charge in [-0.15, -0.1) is 5.10 Å². The molecule has 0 amide bonds. The fourth-order valence-electron chi connectivity index (χ4n) is 2.88. The molecule has 2 rings (SSSR count). The number of aryl methyl sites for hydroxylation is 3. The van der Waals surface area contributed by atoms with E-state index >= 15 is 0 Å². The molecule has 0 aliphatic heterocycles. The third-order valence-electron chi connectivity index (χ3n) is 3.64. The average Bonchev–Trinajstić information content (AvgIpc) is 2.76. The first-order valence-electron chi connectivity index (χ1n) is 7.19. The summed E-state index contributed by atoms with van der Waals surface area (Å²) in [7, 11) is 3.33. The van der Waals surface area contributed by atoms with E-state index in [0.717, 1.165) is 17.0 Å². The summed E-state index contributed by atoms with van der Waals surface area (Å²) >= 11 is 0. The Bertz CT molecular complexity index is 640. The van der Waals surface area contributed by atoms with E-state index in [9.17, 15) is 0 Å². The van der Waals surface area contributed by atoms with Crippen LogP contribution >= 0.6 is 0 Å². The molecule has 1 aromatic heterocycles. The van der Waals surface area contributed by atoms with Crippen molar-refractivity contribution in [2.45, 2.75) is 40.7 Å². The predicted molar refractivity (Wildman–Crippen MR) is 85.4 cm³/mol. The first-order valence-corrected chi connectivity index (χ1v) is 7.19. The van der Waals surface area contributed by atoms with Crippen LogP contribution in [0.1, 0.15) is 36.6 Å². The van der Waals surface area contributed by atoms with Gasteiger partial charge >= 0.3 is 0 Å². The molecule has 0 bridgehead atoms. The first kappa shape index (κ1) is 18.8. The summed E-state index contributed by atoms with van der Waals surface area (Å²) in [6.07, 6.45) is 0. The second-order valence-corrected chi connectivity index (χ2v) is 5.71. The zero-order chi connectivity index (χ0) is 15.7. The number of hydrogen-bond donors (Lipinski definition) is 0. The number of methoxy groups -OCH3 is 2. The van der Waals surface area contributed by atoms with Gasteiger partial charge in [0, 0.05) is 21.1 Å². The Morgan fingerprint density at radius 3 is 1.91 bits per heavy atom. The van der Waals surface area contributed by atoms with Crippen LogP contribution in [0, 0.1) is 20.8 Å². The Hall–Kier alpha value is -1.28. The topological polar surface area (TPSA) is 36.3 Å². The predicted octanol–water partition coefficient (Wildman–Crippen LogP) is 4.07. The molecule has 5 heteroatoms. The molecule has 0 radical (unpaired) electrons. The zero-order valence-electron chi connectivity index (χ0n) is 14.3. The largest absolute Gasteiger partial charge is 0.481 e. The van der Waals surface area contributed by atoms with Crippen molar-refractivity contribution in [2.75, 3.05) is 14.2 Å². The van der Waals surface area contributed by atoms with Crippen molar-refractivity contribution >= 4 is 0 Å². The number of benzene rings is 1. The third-order valence-corrected chi connectivity index (χ3v) is 3.64. The molecular formula is C17H24N2O2Pt. The molecule has 0 spiro atoms. The Labute approximate surface area is 147 Å². The zero-order valence-corrected chi connectivity index (χ0v) is 16.5. The SMILES string of the molecule is COc1nn(C(C)C)c(OC)c1-c1c(C)cc(C)cc1C.[Pt]. The maximum atomic E-state index is 5.64. The van der Waals surface area contributed by atoms with Crippen molar-refractivity contribution in [2.24, 2.45) is 0 Å². The van der Waals surface area contributed by atoms with E-state index in [0.29, 0.717) is 5.88 Å². The summed E-state index contributed by atoms with van der Waals surface area (Å²) in [6, 6.07) is 4.55. The summed E-state index contributed by atoms with van der Waals surface area (Å²) < 4.78 is 13.0. The van der Waals surface area contributed by atoms with Gasteiger partial charge < -0.3 is 9.47 Å². The minimum atomic E-state index is 0. The van der Waals surface area contributed by atoms with E-state index in [-0.39, 0.29) is 27.1 Å². The fraction of sp³-hybridized carbons (Fsp3) is 0.471. The molecule has 1 heterocycles. The van der Waals surface area contributed by atoms with Crippen LogP contribution in [0.2, 0.25) is 0 Å². The van der Waals surface area contributed by atoms with Crippen LogP contribution in [0.5, 0.6) is 11.8 Å². The van der Waals surface area contributed by atoms with E-state index in [1.165, 1.54) is 16.7 Å². The van der Waals surface area contributed by atoms with Crippen molar-refractivity contribution in [3.63, 3.8) is 0 Å². The van der Waals surface area contributed by atoms with Crippen LogP contribution < -0.4 is 9.47 Å². The fourth-order valence-corrected chi connectivity index (χ4v) is 2.88. The molecule has 0 saturated carbocycles. The first-order chi connectivity index (χ1) is 9.90. The second-order valence-electron chi connectivity index (χ2n) is 5.71. The molecule has 0 saturated heterocycles. The van der Waals surface area contributed by atoms with E-state index < -0.39 is 0 Å². The summed E-state index contributed by atoms with van der Waals surface area (Å²) in [4.78, 5) is 0. The second kappa shape index (κ2) is 7.32. The van der Waals surface area contributed by atoms with Gasteiger partial charge in [-0.1, -0.05) is 17.7 Å². The molecule has 4 nitrogen and oxygen atoms in total. The number of ether oxygens (including phenoxy) is 2. The molecule has 0 aliphatic carbocycles. The van der Waals surface area contributed by atoms with E-state index in [1.807, 2.05) is 4.68 Å². The van der Waals surface area contributed by atoms with Crippen LogP contribution in [0.3, 0.4) is 0 Å². The van der Waals surface area contributed by atoms with Crippen molar-refractivity contribution in [1.29, 1.82) is 0 Å². The smallest absolute Gasteiger partial charge is 0.244 e. The van der Waals surface area contributed by atoms with Gasteiger partial charge in [-0.05, 0) is 51.3 Å². The molecule has 1 aromatic carbocycles. The van der Waals surface area contributed by atoms with Crippen LogP contribution in [-0.4, -0.2) is 24.0 Å². The molecule has 0 fully saturated rings. The summed E-state index contributed by atoms with van der Waals surface area (Å²) in [5, 5.41) is 4.55. The number of nitrogens with zero attached hydrogens (tertiary/aromatic N) is 2. The van der Waals surface area contributed by atoms with E-state index in [4.69, 9.17) is 9.47 Å². The summed E-state index contributed by atoms with van der Waals surface area (Å²) in [5.41, 5.74) is 5.73. The monoisotopic (exact) mass is 483 g/mol. The number of aromatic nitrogens is 2. The van der Waals surface area contributed by atoms with Crippen LogP contribution in [0.25, 0.3) is 11.1 Å². The van der Waals surface area contributed by atoms with Gasteiger partial charge in [0.1, 0.15) is 5.56 Å². The van der Waals surface area contributed by atoms with Crippen LogP contribution in [0.15, 0.2) is 12.1 Å². The van der Waals surface area contributed by atoms with Gasteiger partial charge in [0.2, 0.25) is 11.8 Å². The number of hydrogen-bond acceptors (Lipinski definition) is 3. The summed E-state index contributed by atoms with van der Waals surface area (Å²) in [6.45, 7) is 10.5. The number of rotatable bonds is 4. The molecule has 0 N–H and O–H groups in total. The third kappa shape index (κ3) is 3.22.